The largest absolute Gasteiger partial charge is 0.299 e. The van der Waals surface area contributed by atoms with Crippen LogP contribution in [0.1, 0.15) is 37.3 Å². The summed E-state index contributed by atoms with van der Waals surface area (Å²) in [7, 11) is 0. The highest BCUT2D eigenvalue weighted by molar-refractivity contribution is 5.33. The predicted molar refractivity (Wildman–Crippen MR) is 69.4 cm³/mol. The van der Waals surface area contributed by atoms with E-state index in [1.807, 2.05) is 6.07 Å². The molecular weight excluding hydrogens is 227 g/mol. The van der Waals surface area contributed by atoms with Crippen molar-refractivity contribution in [2.75, 3.05) is 13.1 Å². The molecule has 96 valence electrons. The third kappa shape index (κ3) is 3.30. The van der Waals surface area contributed by atoms with Crippen molar-refractivity contribution in [3.05, 3.63) is 35.1 Å². The zero-order chi connectivity index (χ0) is 13.0. The SMILES string of the molecule is CCCC1CCN(Cc2cc(F)cc(C#N)c2)C1. The lowest BCUT2D eigenvalue weighted by molar-refractivity contribution is 0.312. The zero-order valence-electron chi connectivity index (χ0n) is 10.8. The number of hydrogen-bond donors (Lipinski definition) is 0. The number of likely N-dealkylation sites (tertiary alicyclic amines) is 1. The molecule has 0 aromatic heterocycles. The highest BCUT2D eigenvalue weighted by atomic mass is 19.1. The van der Waals surface area contributed by atoms with Crippen LogP contribution < -0.4 is 0 Å². The molecule has 0 bridgehead atoms. The van der Waals surface area contributed by atoms with Gasteiger partial charge in [-0.2, -0.15) is 5.26 Å². The molecule has 0 spiro atoms. The lowest BCUT2D eigenvalue weighted by atomic mass is 10.0. The summed E-state index contributed by atoms with van der Waals surface area (Å²) >= 11 is 0. The molecule has 1 aliphatic heterocycles. The maximum absolute atomic E-state index is 13.3. The molecule has 18 heavy (non-hydrogen) atoms. The van der Waals surface area contributed by atoms with Crippen molar-refractivity contribution in [2.45, 2.75) is 32.7 Å². The van der Waals surface area contributed by atoms with Crippen LogP contribution in [0.15, 0.2) is 18.2 Å². The molecule has 0 amide bonds. The first kappa shape index (κ1) is 13.0. The molecule has 1 atom stereocenters. The van der Waals surface area contributed by atoms with Gasteiger partial charge in [-0.1, -0.05) is 13.3 Å². The summed E-state index contributed by atoms with van der Waals surface area (Å²) in [6.45, 7) is 5.16. The molecular formula is C15H19FN2. The minimum atomic E-state index is -0.312. The molecule has 3 heteroatoms. The van der Waals surface area contributed by atoms with E-state index in [1.165, 1.54) is 31.4 Å². The van der Waals surface area contributed by atoms with Gasteiger partial charge in [-0.25, -0.2) is 4.39 Å². The normalized spacial score (nSPS) is 19.9. The molecule has 1 saturated heterocycles. The highest BCUT2D eigenvalue weighted by Crippen LogP contribution is 2.23. The Bertz CT molecular complexity index is 450. The van der Waals surface area contributed by atoms with E-state index in [4.69, 9.17) is 5.26 Å². The van der Waals surface area contributed by atoms with Crippen LogP contribution in [0.2, 0.25) is 0 Å². The predicted octanol–water partition coefficient (Wildman–Crippen LogP) is 3.32. The van der Waals surface area contributed by atoms with E-state index in [0.29, 0.717) is 5.56 Å². The van der Waals surface area contributed by atoms with Crippen LogP contribution in [0.3, 0.4) is 0 Å². The topological polar surface area (TPSA) is 27.0 Å². The van der Waals surface area contributed by atoms with Crippen LogP contribution in [0.5, 0.6) is 0 Å². The molecule has 1 heterocycles. The molecule has 1 aromatic rings. The maximum atomic E-state index is 13.3. The summed E-state index contributed by atoms with van der Waals surface area (Å²) in [6, 6.07) is 6.61. The molecule has 0 radical (unpaired) electrons. The first-order valence-electron chi connectivity index (χ1n) is 6.63. The van der Waals surface area contributed by atoms with Crippen LogP contribution >= 0.6 is 0 Å². The fourth-order valence-electron chi connectivity index (χ4n) is 2.76. The van der Waals surface area contributed by atoms with Gasteiger partial charge in [0, 0.05) is 13.1 Å². The molecule has 1 aromatic carbocycles. The highest BCUT2D eigenvalue weighted by Gasteiger charge is 2.21. The van der Waals surface area contributed by atoms with Gasteiger partial charge in [-0.15, -0.1) is 0 Å². The quantitative estimate of drug-likeness (QED) is 0.815. The second-order valence-corrected chi connectivity index (χ2v) is 5.14. The number of nitriles is 1. The van der Waals surface area contributed by atoms with Gasteiger partial charge in [0.2, 0.25) is 0 Å². The van der Waals surface area contributed by atoms with E-state index in [9.17, 15) is 4.39 Å². The van der Waals surface area contributed by atoms with Crippen LogP contribution in [-0.2, 0) is 6.54 Å². The Morgan fingerprint density at radius 2 is 2.28 bits per heavy atom. The summed E-state index contributed by atoms with van der Waals surface area (Å²) in [5, 5.41) is 8.83. The third-order valence-corrected chi connectivity index (χ3v) is 3.56. The Hall–Kier alpha value is -1.40. The smallest absolute Gasteiger partial charge is 0.124 e. The Kier molecular flexibility index (Phi) is 4.33. The first-order chi connectivity index (χ1) is 8.71. The minimum Gasteiger partial charge on any atom is -0.299 e. The standard InChI is InChI=1S/C15H19FN2/c1-2-3-12-4-5-18(10-12)11-14-6-13(9-17)7-15(16)8-14/h6-8,12H,2-5,10-11H2,1H3. The Labute approximate surface area is 108 Å². The fourth-order valence-corrected chi connectivity index (χ4v) is 2.76. The number of rotatable bonds is 4. The van der Waals surface area contributed by atoms with E-state index in [2.05, 4.69) is 11.8 Å². The van der Waals surface area contributed by atoms with Crippen molar-refractivity contribution in [3.8, 4) is 6.07 Å². The number of halogens is 1. The summed E-state index contributed by atoms with van der Waals surface area (Å²) in [6.07, 6.45) is 3.76. The van der Waals surface area contributed by atoms with Crippen molar-refractivity contribution in [2.24, 2.45) is 5.92 Å². The summed E-state index contributed by atoms with van der Waals surface area (Å²) in [4.78, 5) is 2.36. The molecule has 1 aliphatic rings. The van der Waals surface area contributed by atoms with Gasteiger partial charge in [-0.3, -0.25) is 4.90 Å². The van der Waals surface area contributed by atoms with E-state index in [-0.39, 0.29) is 5.82 Å². The van der Waals surface area contributed by atoms with Crippen molar-refractivity contribution in [3.63, 3.8) is 0 Å². The third-order valence-electron chi connectivity index (χ3n) is 3.56. The Morgan fingerprint density at radius 1 is 1.44 bits per heavy atom. The zero-order valence-corrected chi connectivity index (χ0v) is 10.8. The van der Waals surface area contributed by atoms with Crippen molar-refractivity contribution in [1.82, 2.24) is 4.90 Å². The van der Waals surface area contributed by atoms with Crippen LogP contribution in [-0.4, -0.2) is 18.0 Å². The van der Waals surface area contributed by atoms with Crippen LogP contribution in [0.4, 0.5) is 4.39 Å². The van der Waals surface area contributed by atoms with Gasteiger partial charge < -0.3 is 0 Å². The number of benzene rings is 1. The minimum absolute atomic E-state index is 0.312. The Morgan fingerprint density at radius 3 is 3.00 bits per heavy atom. The van der Waals surface area contributed by atoms with Gasteiger partial charge in [0.15, 0.2) is 0 Å². The molecule has 1 fully saturated rings. The average molecular weight is 246 g/mol. The van der Waals surface area contributed by atoms with Gasteiger partial charge in [-0.05, 0) is 49.1 Å². The second-order valence-electron chi connectivity index (χ2n) is 5.14. The van der Waals surface area contributed by atoms with Crippen molar-refractivity contribution >= 4 is 0 Å². The second kappa shape index (κ2) is 5.97. The van der Waals surface area contributed by atoms with E-state index < -0.39 is 0 Å². The average Bonchev–Trinajstić information content (AvgIpc) is 2.76. The van der Waals surface area contributed by atoms with E-state index in [0.717, 1.165) is 31.1 Å². The first-order valence-corrected chi connectivity index (χ1v) is 6.63. The molecule has 0 saturated carbocycles. The fraction of sp³-hybridized carbons (Fsp3) is 0.533. The van der Waals surface area contributed by atoms with Gasteiger partial charge >= 0.3 is 0 Å². The molecule has 0 N–H and O–H groups in total. The van der Waals surface area contributed by atoms with Crippen LogP contribution in [0, 0.1) is 23.1 Å². The lowest BCUT2D eigenvalue weighted by Gasteiger charge is -2.16. The molecule has 0 aliphatic carbocycles. The van der Waals surface area contributed by atoms with Gasteiger partial charge in [0.05, 0.1) is 11.6 Å². The lowest BCUT2D eigenvalue weighted by Crippen LogP contribution is -2.20. The van der Waals surface area contributed by atoms with Gasteiger partial charge in [0.1, 0.15) is 5.82 Å². The summed E-state index contributed by atoms with van der Waals surface area (Å²) in [5.74, 6) is 0.479. The van der Waals surface area contributed by atoms with Crippen molar-refractivity contribution in [1.29, 1.82) is 5.26 Å². The van der Waals surface area contributed by atoms with E-state index >= 15 is 0 Å². The Balaban J connectivity index is 1.98. The number of nitrogens with zero attached hydrogens (tertiary/aromatic N) is 2. The molecule has 2 rings (SSSR count). The van der Waals surface area contributed by atoms with E-state index in [1.54, 1.807) is 6.07 Å². The van der Waals surface area contributed by atoms with Crippen molar-refractivity contribution < 1.29 is 4.39 Å². The van der Waals surface area contributed by atoms with Crippen LogP contribution in [0.25, 0.3) is 0 Å². The molecule has 2 nitrogen and oxygen atoms in total. The number of hydrogen-bond acceptors (Lipinski definition) is 2. The van der Waals surface area contributed by atoms with Gasteiger partial charge in [0.25, 0.3) is 0 Å². The molecule has 1 unspecified atom stereocenters. The maximum Gasteiger partial charge on any atom is 0.124 e. The summed E-state index contributed by atoms with van der Waals surface area (Å²) < 4.78 is 13.3. The summed E-state index contributed by atoms with van der Waals surface area (Å²) in [5.41, 5.74) is 1.32. The monoisotopic (exact) mass is 246 g/mol.